The van der Waals surface area contributed by atoms with E-state index in [-0.39, 0.29) is 25.0 Å². The lowest BCUT2D eigenvalue weighted by Gasteiger charge is -2.10. The van der Waals surface area contributed by atoms with E-state index in [1.807, 2.05) is 6.92 Å². The largest absolute Gasteiger partial charge is 0.465 e. The van der Waals surface area contributed by atoms with Gasteiger partial charge in [-0.25, -0.2) is 0 Å². The minimum atomic E-state index is -0.213. The second kappa shape index (κ2) is 6.90. The van der Waals surface area contributed by atoms with E-state index in [2.05, 4.69) is 10.5 Å². The zero-order chi connectivity index (χ0) is 12.7. The van der Waals surface area contributed by atoms with Crippen LogP contribution < -0.4 is 10.1 Å². The monoisotopic (exact) mass is 242 g/mol. The average Bonchev–Trinajstić information content (AvgIpc) is 2.70. The van der Waals surface area contributed by atoms with Crippen LogP contribution in [0, 0.1) is 12.8 Å². The molecule has 1 amide bonds. The molecule has 0 spiro atoms. The third kappa shape index (κ3) is 5.35. The quantitative estimate of drug-likeness (QED) is 0.727. The maximum atomic E-state index is 11.4. The Morgan fingerprint density at radius 2 is 2.47 bits per heavy atom. The molecule has 0 aromatic carbocycles. The predicted molar refractivity (Wildman–Crippen MR) is 60.6 cm³/mol. The normalized spacial score (nSPS) is 12.2. The minimum Gasteiger partial charge on any atom is -0.465 e. The maximum absolute atomic E-state index is 11.4. The fourth-order valence-electron chi connectivity index (χ4n) is 1.21. The van der Waals surface area contributed by atoms with Gasteiger partial charge in [-0.1, -0.05) is 6.92 Å². The number of carbonyl (C=O) groups is 1. The Hall–Kier alpha value is -1.56. The number of carbonyl (C=O) groups excluding carboxylic acids is 1. The van der Waals surface area contributed by atoms with Gasteiger partial charge in [0, 0.05) is 19.2 Å². The molecular formula is C11H18N2O4. The van der Waals surface area contributed by atoms with E-state index in [0.717, 1.165) is 0 Å². The van der Waals surface area contributed by atoms with Gasteiger partial charge in [0.1, 0.15) is 5.76 Å². The minimum absolute atomic E-state index is 0.0855. The summed E-state index contributed by atoms with van der Waals surface area (Å²) in [7, 11) is 0. The number of hydrogen-bond acceptors (Lipinski definition) is 5. The maximum Gasteiger partial charge on any atom is 0.258 e. The van der Waals surface area contributed by atoms with Gasteiger partial charge in [0.05, 0.1) is 0 Å². The van der Waals surface area contributed by atoms with Crippen LogP contribution in [0.4, 0.5) is 0 Å². The molecule has 2 N–H and O–H groups in total. The number of amides is 1. The van der Waals surface area contributed by atoms with E-state index in [0.29, 0.717) is 24.6 Å². The molecule has 1 rings (SSSR count). The molecule has 96 valence electrons. The first-order valence-electron chi connectivity index (χ1n) is 5.55. The van der Waals surface area contributed by atoms with Crippen molar-refractivity contribution >= 4 is 5.91 Å². The Balaban J connectivity index is 2.17. The smallest absolute Gasteiger partial charge is 0.258 e. The second-order valence-corrected chi connectivity index (χ2v) is 3.99. The van der Waals surface area contributed by atoms with Gasteiger partial charge < -0.3 is 19.7 Å². The van der Waals surface area contributed by atoms with Crippen LogP contribution in [0.15, 0.2) is 10.6 Å². The number of ether oxygens (including phenoxy) is 1. The molecule has 0 saturated heterocycles. The van der Waals surface area contributed by atoms with Crippen molar-refractivity contribution in [1.29, 1.82) is 0 Å². The number of aryl methyl sites for hydroxylation is 1. The van der Waals surface area contributed by atoms with Crippen molar-refractivity contribution in [2.75, 3.05) is 19.8 Å². The molecule has 0 aliphatic rings. The first-order valence-corrected chi connectivity index (χ1v) is 5.55. The van der Waals surface area contributed by atoms with Gasteiger partial charge in [-0.15, -0.1) is 0 Å². The lowest BCUT2D eigenvalue weighted by molar-refractivity contribution is -0.123. The molecule has 1 unspecified atom stereocenters. The Morgan fingerprint density at radius 1 is 1.71 bits per heavy atom. The molecule has 1 aromatic heterocycles. The van der Waals surface area contributed by atoms with Crippen LogP contribution in [0.25, 0.3) is 0 Å². The van der Waals surface area contributed by atoms with Gasteiger partial charge >= 0.3 is 0 Å². The molecule has 6 heteroatoms. The molecule has 0 fully saturated rings. The number of aliphatic hydroxyl groups is 1. The van der Waals surface area contributed by atoms with E-state index in [4.69, 9.17) is 14.4 Å². The van der Waals surface area contributed by atoms with E-state index >= 15 is 0 Å². The van der Waals surface area contributed by atoms with Gasteiger partial charge in [-0.3, -0.25) is 4.79 Å². The van der Waals surface area contributed by atoms with Gasteiger partial charge in [0.25, 0.3) is 11.8 Å². The Morgan fingerprint density at radius 3 is 3.06 bits per heavy atom. The third-order valence-electron chi connectivity index (χ3n) is 2.23. The number of hydrogen-bond donors (Lipinski definition) is 2. The van der Waals surface area contributed by atoms with Crippen LogP contribution in [-0.4, -0.2) is 35.9 Å². The molecule has 0 radical (unpaired) electrons. The summed E-state index contributed by atoms with van der Waals surface area (Å²) in [5.41, 5.74) is 0. The molecule has 0 bridgehead atoms. The van der Waals surface area contributed by atoms with Crippen molar-refractivity contribution in [2.24, 2.45) is 5.92 Å². The molecule has 0 saturated carbocycles. The lowest BCUT2D eigenvalue weighted by Crippen LogP contribution is -2.32. The Labute approximate surface area is 99.9 Å². The fourth-order valence-corrected chi connectivity index (χ4v) is 1.21. The summed E-state index contributed by atoms with van der Waals surface area (Å²) in [6.07, 6.45) is 0.670. The summed E-state index contributed by atoms with van der Waals surface area (Å²) < 4.78 is 9.91. The van der Waals surface area contributed by atoms with Crippen LogP contribution in [0.5, 0.6) is 5.88 Å². The molecule has 1 heterocycles. The Kier molecular flexibility index (Phi) is 5.48. The molecule has 1 aromatic rings. The Bertz CT molecular complexity index is 351. The van der Waals surface area contributed by atoms with E-state index in [9.17, 15) is 4.79 Å². The summed E-state index contributed by atoms with van der Waals surface area (Å²) in [6, 6.07) is 1.61. The molecular weight excluding hydrogens is 224 g/mol. The van der Waals surface area contributed by atoms with Crippen LogP contribution >= 0.6 is 0 Å². The standard InChI is InChI=1S/C11H18N2O4/c1-8(3-4-14)6-12-10(15)7-16-11-5-9(2)17-13-11/h5,8,14H,3-4,6-7H2,1-2H3,(H,12,15). The van der Waals surface area contributed by atoms with Crippen molar-refractivity contribution in [3.63, 3.8) is 0 Å². The number of aliphatic hydroxyl groups excluding tert-OH is 1. The van der Waals surface area contributed by atoms with E-state index < -0.39 is 0 Å². The number of aromatic nitrogens is 1. The zero-order valence-electron chi connectivity index (χ0n) is 10.1. The highest BCUT2D eigenvalue weighted by Gasteiger charge is 2.07. The number of nitrogens with one attached hydrogen (secondary N) is 1. The lowest BCUT2D eigenvalue weighted by atomic mass is 10.1. The first-order chi connectivity index (χ1) is 8.11. The van der Waals surface area contributed by atoms with Crippen molar-refractivity contribution in [3.8, 4) is 5.88 Å². The summed E-state index contributed by atoms with van der Waals surface area (Å²) >= 11 is 0. The summed E-state index contributed by atoms with van der Waals surface area (Å²) in [6.45, 7) is 4.28. The first kappa shape index (κ1) is 13.5. The highest BCUT2D eigenvalue weighted by Crippen LogP contribution is 2.09. The van der Waals surface area contributed by atoms with E-state index in [1.54, 1.807) is 13.0 Å². The summed E-state index contributed by atoms with van der Waals surface area (Å²) in [5.74, 6) is 0.978. The average molecular weight is 242 g/mol. The number of nitrogens with zero attached hydrogens (tertiary/aromatic N) is 1. The van der Waals surface area contributed by atoms with Gasteiger partial charge in [-0.2, -0.15) is 0 Å². The van der Waals surface area contributed by atoms with Crippen LogP contribution in [0.3, 0.4) is 0 Å². The van der Waals surface area contributed by atoms with Crippen molar-refractivity contribution in [3.05, 3.63) is 11.8 Å². The highest BCUT2D eigenvalue weighted by atomic mass is 16.5. The third-order valence-corrected chi connectivity index (χ3v) is 2.23. The second-order valence-electron chi connectivity index (χ2n) is 3.99. The topological polar surface area (TPSA) is 84.6 Å². The SMILES string of the molecule is Cc1cc(OCC(=O)NCC(C)CCO)no1. The van der Waals surface area contributed by atoms with E-state index in [1.165, 1.54) is 0 Å². The van der Waals surface area contributed by atoms with Crippen LogP contribution in [0.1, 0.15) is 19.1 Å². The summed E-state index contributed by atoms with van der Waals surface area (Å²) in [5, 5.41) is 15.0. The van der Waals surface area contributed by atoms with Gasteiger partial charge in [0.2, 0.25) is 0 Å². The zero-order valence-corrected chi connectivity index (χ0v) is 10.1. The van der Waals surface area contributed by atoms with Crippen molar-refractivity contribution < 1.29 is 19.2 Å². The number of rotatable bonds is 7. The predicted octanol–water partition coefficient (Wildman–Crippen LogP) is 0.497. The molecule has 1 atom stereocenters. The molecule has 17 heavy (non-hydrogen) atoms. The highest BCUT2D eigenvalue weighted by molar-refractivity contribution is 5.77. The van der Waals surface area contributed by atoms with Crippen LogP contribution in [-0.2, 0) is 4.79 Å². The molecule has 6 nitrogen and oxygen atoms in total. The fraction of sp³-hybridized carbons (Fsp3) is 0.636. The van der Waals surface area contributed by atoms with Crippen LogP contribution in [0.2, 0.25) is 0 Å². The summed E-state index contributed by atoms with van der Waals surface area (Å²) in [4.78, 5) is 11.4. The van der Waals surface area contributed by atoms with Gasteiger partial charge in [-0.05, 0) is 24.4 Å². The van der Waals surface area contributed by atoms with Crippen molar-refractivity contribution in [1.82, 2.24) is 10.5 Å². The molecule has 0 aliphatic heterocycles. The molecule has 0 aliphatic carbocycles. The van der Waals surface area contributed by atoms with Gasteiger partial charge in [0.15, 0.2) is 6.61 Å². The van der Waals surface area contributed by atoms with Crippen molar-refractivity contribution in [2.45, 2.75) is 20.3 Å².